The van der Waals surface area contributed by atoms with E-state index < -0.39 is 0 Å². The Hall–Kier alpha value is -0.540. The van der Waals surface area contributed by atoms with Crippen LogP contribution in [0.2, 0.25) is 5.02 Å². The standard InChI is InChI=1S/C9H16ClN3/c1-3-4-9-8(10)5-12-13(9)6-7(2)11/h5,7H,3-4,6,11H2,1-2H3. The van der Waals surface area contributed by atoms with Crippen molar-refractivity contribution in [1.82, 2.24) is 9.78 Å². The lowest BCUT2D eigenvalue weighted by Gasteiger charge is -2.09. The fraction of sp³-hybridized carbons (Fsp3) is 0.667. The highest BCUT2D eigenvalue weighted by atomic mass is 35.5. The molecule has 1 aromatic rings. The van der Waals surface area contributed by atoms with E-state index in [4.69, 9.17) is 17.3 Å². The molecule has 2 N–H and O–H groups in total. The fourth-order valence-electron chi connectivity index (χ4n) is 1.30. The van der Waals surface area contributed by atoms with Crippen LogP contribution in [0.3, 0.4) is 0 Å². The third-order valence-electron chi connectivity index (χ3n) is 1.85. The third kappa shape index (κ3) is 2.71. The highest BCUT2D eigenvalue weighted by molar-refractivity contribution is 6.31. The van der Waals surface area contributed by atoms with E-state index in [0.29, 0.717) is 0 Å². The van der Waals surface area contributed by atoms with Gasteiger partial charge < -0.3 is 5.73 Å². The highest BCUT2D eigenvalue weighted by Crippen LogP contribution is 2.16. The molecule has 0 bridgehead atoms. The molecule has 0 aliphatic heterocycles. The minimum atomic E-state index is 0.117. The van der Waals surface area contributed by atoms with E-state index in [2.05, 4.69) is 12.0 Å². The van der Waals surface area contributed by atoms with Gasteiger partial charge in [0.25, 0.3) is 0 Å². The molecule has 0 amide bonds. The van der Waals surface area contributed by atoms with Crippen molar-refractivity contribution in [3.05, 3.63) is 16.9 Å². The summed E-state index contributed by atoms with van der Waals surface area (Å²) in [5.41, 5.74) is 6.79. The average molecular weight is 202 g/mol. The Morgan fingerprint density at radius 1 is 1.69 bits per heavy atom. The van der Waals surface area contributed by atoms with Crippen LogP contribution in [0.1, 0.15) is 26.0 Å². The van der Waals surface area contributed by atoms with Gasteiger partial charge in [0.05, 0.1) is 23.5 Å². The summed E-state index contributed by atoms with van der Waals surface area (Å²) in [5.74, 6) is 0. The summed E-state index contributed by atoms with van der Waals surface area (Å²) < 4.78 is 1.90. The lowest BCUT2D eigenvalue weighted by atomic mass is 10.2. The number of aromatic nitrogens is 2. The summed E-state index contributed by atoms with van der Waals surface area (Å²) in [6.45, 7) is 4.83. The van der Waals surface area contributed by atoms with Crippen molar-refractivity contribution in [2.45, 2.75) is 39.3 Å². The Bertz CT molecular complexity index is 268. The van der Waals surface area contributed by atoms with Crippen LogP contribution >= 0.6 is 11.6 Å². The van der Waals surface area contributed by atoms with Crippen molar-refractivity contribution in [3.8, 4) is 0 Å². The first-order valence-corrected chi connectivity index (χ1v) is 4.98. The number of halogens is 1. The molecule has 0 spiro atoms. The van der Waals surface area contributed by atoms with Gasteiger partial charge in [-0.3, -0.25) is 4.68 Å². The molecular weight excluding hydrogens is 186 g/mol. The molecule has 13 heavy (non-hydrogen) atoms. The Balaban J connectivity index is 2.80. The Kier molecular flexibility index (Phi) is 3.75. The Labute approximate surface area is 83.9 Å². The molecule has 0 saturated heterocycles. The largest absolute Gasteiger partial charge is 0.326 e. The molecule has 4 heteroatoms. The fourth-order valence-corrected chi connectivity index (χ4v) is 1.54. The molecule has 1 heterocycles. The maximum atomic E-state index is 5.98. The number of hydrogen-bond acceptors (Lipinski definition) is 2. The van der Waals surface area contributed by atoms with Crippen molar-refractivity contribution < 1.29 is 0 Å². The zero-order valence-electron chi connectivity index (χ0n) is 8.13. The minimum absolute atomic E-state index is 0.117. The quantitative estimate of drug-likeness (QED) is 0.808. The van der Waals surface area contributed by atoms with Gasteiger partial charge in [-0.2, -0.15) is 5.10 Å². The van der Waals surface area contributed by atoms with Crippen LogP contribution in [0, 0.1) is 0 Å². The monoisotopic (exact) mass is 201 g/mol. The lowest BCUT2D eigenvalue weighted by Crippen LogP contribution is -2.24. The number of rotatable bonds is 4. The molecule has 0 fully saturated rings. The van der Waals surface area contributed by atoms with E-state index >= 15 is 0 Å². The highest BCUT2D eigenvalue weighted by Gasteiger charge is 2.08. The van der Waals surface area contributed by atoms with Crippen LogP contribution in [0.25, 0.3) is 0 Å². The molecule has 0 saturated carbocycles. The third-order valence-corrected chi connectivity index (χ3v) is 2.16. The molecule has 0 aliphatic rings. The van der Waals surface area contributed by atoms with Gasteiger partial charge in [0.1, 0.15) is 0 Å². The Morgan fingerprint density at radius 2 is 2.38 bits per heavy atom. The molecule has 0 radical (unpaired) electrons. The average Bonchev–Trinajstić information content (AvgIpc) is 2.35. The number of nitrogens with two attached hydrogens (primary N) is 1. The molecule has 1 rings (SSSR count). The summed E-state index contributed by atoms with van der Waals surface area (Å²) in [5, 5.41) is 4.93. The first-order valence-electron chi connectivity index (χ1n) is 4.61. The Morgan fingerprint density at radius 3 is 2.92 bits per heavy atom. The zero-order chi connectivity index (χ0) is 9.84. The SMILES string of the molecule is CCCc1c(Cl)cnn1CC(C)N. The van der Waals surface area contributed by atoms with E-state index in [1.54, 1.807) is 6.20 Å². The van der Waals surface area contributed by atoms with Crippen LogP contribution in [0.4, 0.5) is 0 Å². The normalized spacial score (nSPS) is 13.2. The smallest absolute Gasteiger partial charge is 0.0817 e. The van der Waals surface area contributed by atoms with Crippen molar-refractivity contribution >= 4 is 11.6 Å². The molecule has 1 aromatic heterocycles. The van der Waals surface area contributed by atoms with Crippen LogP contribution in [-0.2, 0) is 13.0 Å². The van der Waals surface area contributed by atoms with Gasteiger partial charge in [-0.15, -0.1) is 0 Å². The predicted molar refractivity (Wildman–Crippen MR) is 54.9 cm³/mol. The summed E-state index contributed by atoms with van der Waals surface area (Å²) in [6.07, 6.45) is 3.73. The summed E-state index contributed by atoms with van der Waals surface area (Å²) in [4.78, 5) is 0. The maximum absolute atomic E-state index is 5.98. The molecule has 3 nitrogen and oxygen atoms in total. The summed E-state index contributed by atoms with van der Waals surface area (Å²) >= 11 is 5.98. The van der Waals surface area contributed by atoms with Gasteiger partial charge >= 0.3 is 0 Å². The first kappa shape index (κ1) is 10.5. The van der Waals surface area contributed by atoms with Crippen LogP contribution in [-0.4, -0.2) is 15.8 Å². The minimum Gasteiger partial charge on any atom is -0.326 e. The van der Waals surface area contributed by atoms with Gasteiger partial charge in [-0.1, -0.05) is 24.9 Å². The molecule has 74 valence electrons. The second kappa shape index (κ2) is 4.63. The van der Waals surface area contributed by atoms with E-state index in [9.17, 15) is 0 Å². The molecular formula is C9H16ClN3. The maximum Gasteiger partial charge on any atom is 0.0817 e. The first-order chi connectivity index (χ1) is 6.15. The molecule has 0 aliphatic carbocycles. The van der Waals surface area contributed by atoms with Crippen LogP contribution < -0.4 is 5.73 Å². The molecule has 0 aromatic carbocycles. The summed E-state index contributed by atoms with van der Waals surface area (Å²) in [6, 6.07) is 0.117. The zero-order valence-corrected chi connectivity index (χ0v) is 8.88. The van der Waals surface area contributed by atoms with E-state index in [1.165, 1.54) is 0 Å². The molecule has 1 unspecified atom stereocenters. The van der Waals surface area contributed by atoms with E-state index in [1.807, 2.05) is 11.6 Å². The van der Waals surface area contributed by atoms with Gasteiger partial charge in [0.2, 0.25) is 0 Å². The second-order valence-corrected chi connectivity index (χ2v) is 3.76. The lowest BCUT2D eigenvalue weighted by molar-refractivity contribution is 0.517. The predicted octanol–water partition coefficient (Wildman–Crippen LogP) is 1.84. The van der Waals surface area contributed by atoms with Gasteiger partial charge in [0.15, 0.2) is 0 Å². The van der Waals surface area contributed by atoms with Gasteiger partial charge in [-0.05, 0) is 13.3 Å². The summed E-state index contributed by atoms with van der Waals surface area (Å²) in [7, 11) is 0. The molecule has 1 atom stereocenters. The van der Waals surface area contributed by atoms with Gasteiger partial charge in [0, 0.05) is 6.04 Å². The second-order valence-electron chi connectivity index (χ2n) is 3.35. The number of nitrogens with zero attached hydrogens (tertiary/aromatic N) is 2. The van der Waals surface area contributed by atoms with Crippen molar-refractivity contribution in [2.75, 3.05) is 0 Å². The van der Waals surface area contributed by atoms with E-state index in [-0.39, 0.29) is 6.04 Å². The van der Waals surface area contributed by atoms with Crippen LogP contribution in [0.15, 0.2) is 6.20 Å². The van der Waals surface area contributed by atoms with Crippen molar-refractivity contribution in [1.29, 1.82) is 0 Å². The van der Waals surface area contributed by atoms with Crippen molar-refractivity contribution in [3.63, 3.8) is 0 Å². The van der Waals surface area contributed by atoms with E-state index in [0.717, 1.165) is 30.1 Å². The number of hydrogen-bond donors (Lipinski definition) is 1. The van der Waals surface area contributed by atoms with Gasteiger partial charge in [-0.25, -0.2) is 0 Å². The van der Waals surface area contributed by atoms with Crippen LogP contribution in [0.5, 0.6) is 0 Å². The van der Waals surface area contributed by atoms with Crippen molar-refractivity contribution in [2.24, 2.45) is 5.73 Å². The topological polar surface area (TPSA) is 43.8 Å².